The normalized spacial score (nSPS) is 12.3. The van der Waals surface area contributed by atoms with E-state index in [0.717, 1.165) is 30.7 Å². The van der Waals surface area contributed by atoms with Crippen LogP contribution in [0.15, 0.2) is 24.3 Å². The quantitative estimate of drug-likeness (QED) is 0.101. The third-order valence-corrected chi connectivity index (χ3v) is 10.8. The van der Waals surface area contributed by atoms with Crippen LogP contribution in [0.25, 0.3) is 4.72 Å². The molecule has 0 saturated heterocycles. The van der Waals surface area contributed by atoms with Gasteiger partial charge in [0.25, 0.3) is 0 Å². The monoisotopic (exact) mass is 725 g/mol. The molecule has 0 aliphatic heterocycles. The van der Waals surface area contributed by atoms with Crippen LogP contribution in [0.2, 0.25) is 6.04 Å². The number of halogens is 3. The van der Waals surface area contributed by atoms with E-state index in [9.17, 15) is 36.0 Å². The van der Waals surface area contributed by atoms with Gasteiger partial charge in [0.15, 0.2) is 10.0 Å². The number of ether oxygens (including phenoxy) is 2. The number of amides is 1. The summed E-state index contributed by atoms with van der Waals surface area (Å²) in [4.78, 5) is 35.3. The second-order valence-corrected chi connectivity index (χ2v) is 15.3. The first kappa shape index (κ1) is 47.2. The topological polar surface area (TPSA) is 146 Å². The summed E-state index contributed by atoms with van der Waals surface area (Å²) in [6, 6.07) is 5.01. The van der Waals surface area contributed by atoms with Gasteiger partial charge in [-0.2, -0.15) is 13.2 Å². The molecule has 0 aliphatic carbocycles. The number of alkyl halides is 3. The van der Waals surface area contributed by atoms with Crippen LogP contribution in [0.4, 0.5) is 13.2 Å². The summed E-state index contributed by atoms with van der Waals surface area (Å²) in [7, 11) is -8.52. The van der Waals surface area contributed by atoms with E-state index in [-0.39, 0.29) is 63.1 Å². The Balaban J connectivity index is 0. The van der Waals surface area contributed by atoms with Crippen molar-refractivity contribution in [3.8, 4) is 5.75 Å². The Labute approximate surface area is 314 Å². The largest absolute Gasteiger partial charge is 1.00 e. The van der Waals surface area contributed by atoms with E-state index in [1.807, 2.05) is 41.5 Å². The van der Waals surface area contributed by atoms with Crippen molar-refractivity contribution in [3.05, 3.63) is 34.6 Å². The van der Waals surface area contributed by atoms with Crippen LogP contribution in [0.5, 0.6) is 5.75 Å². The van der Waals surface area contributed by atoms with Crippen LogP contribution in [0.1, 0.15) is 91.9 Å². The molecule has 1 amide bonds. The first-order valence-electron chi connectivity index (χ1n) is 14.7. The van der Waals surface area contributed by atoms with Gasteiger partial charge in [-0.3, -0.25) is 9.59 Å². The molecule has 0 aliphatic rings. The van der Waals surface area contributed by atoms with Crippen molar-refractivity contribution in [2.45, 2.75) is 93.1 Å². The zero-order valence-corrected chi connectivity index (χ0v) is 33.5. The Kier molecular flexibility index (Phi) is 21.8. The maximum absolute atomic E-state index is 12.2. The molecule has 260 valence electrons. The van der Waals surface area contributed by atoms with E-state index in [0.29, 0.717) is 45.3 Å². The summed E-state index contributed by atoms with van der Waals surface area (Å²) in [6.45, 7) is 18.8. The zero-order valence-electron chi connectivity index (χ0n) is 28.5. The number of carbonyl (C=O) groups is 3. The van der Waals surface area contributed by atoms with Crippen LogP contribution in [0.3, 0.4) is 0 Å². The molecule has 0 spiro atoms. The number of hydrogen-bond acceptors (Lipinski definition) is 10. The molecule has 0 bridgehead atoms. The smallest absolute Gasteiger partial charge is 0.534 e. The van der Waals surface area contributed by atoms with Crippen LogP contribution in [0, 0.1) is 10.8 Å². The summed E-state index contributed by atoms with van der Waals surface area (Å²) in [5.74, 6) is -2.18. The van der Waals surface area contributed by atoms with E-state index < -0.39 is 52.6 Å². The average Bonchev–Trinajstić information content (AvgIpc) is 2.95. The van der Waals surface area contributed by atoms with E-state index in [1.54, 1.807) is 20.8 Å². The number of rotatable bonds is 17. The third-order valence-electron chi connectivity index (χ3n) is 6.63. The van der Waals surface area contributed by atoms with Crippen molar-refractivity contribution >= 4 is 36.7 Å². The zero-order chi connectivity index (χ0) is 35.1. The van der Waals surface area contributed by atoms with Gasteiger partial charge in [-0.05, 0) is 92.0 Å². The van der Waals surface area contributed by atoms with Crippen LogP contribution in [-0.4, -0.2) is 67.0 Å². The molecule has 17 heteroatoms. The van der Waals surface area contributed by atoms with Crippen LogP contribution >= 0.6 is 0 Å². The SMILES string of the molecule is CCC(C)(C)C(=O)Oc1ccc(C(=O)[N-]S(=O)(=O)C(F)(F)F)cc1.CCO[Si](CCCOC(=O)C(C)(C)CC)(OCC)OCC.[K+]. The fourth-order valence-corrected chi connectivity index (χ4v) is 6.07. The third kappa shape index (κ3) is 16.0. The Morgan fingerprint density at radius 1 is 0.783 bits per heavy atom. The van der Waals surface area contributed by atoms with Crippen molar-refractivity contribution in [1.29, 1.82) is 0 Å². The first-order valence-corrected chi connectivity index (χ1v) is 18.0. The number of sulfonamides is 1. The second-order valence-electron chi connectivity index (χ2n) is 10.9. The number of carbonyl (C=O) groups excluding carboxylic acids is 3. The molecule has 0 fully saturated rings. The van der Waals surface area contributed by atoms with Gasteiger partial charge in [0.2, 0.25) is 0 Å². The maximum Gasteiger partial charge on any atom is 1.00 e. The Morgan fingerprint density at radius 3 is 1.61 bits per heavy atom. The Hall–Kier alpha value is -0.897. The molecule has 0 atom stereocenters. The minimum atomic E-state index is -5.91. The van der Waals surface area contributed by atoms with Gasteiger partial charge in [0, 0.05) is 31.4 Å². The minimum Gasteiger partial charge on any atom is -0.534 e. The second kappa shape index (κ2) is 21.2. The van der Waals surface area contributed by atoms with E-state index in [4.69, 9.17) is 22.8 Å². The molecule has 11 nitrogen and oxygen atoms in total. The van der Waals surface area contributed by atoms with E-state index in [1.165, 1.54) is 0 Å². The van der Waals surface area contributed by atoms with E-state index in [2.05, 4.69) is 4.72 Å². The summed E-state index contributed by atoms with van der Waals surface area (Å²) in [5, 5.41) is 0. The standard InChI is InChI=1S/C15H32O5Si.C14H16F3NO5S.K/c1-7-15(5,6)14(16)17-12-11-13-21(18-8-2,19-9-3)20-10-4;1-4-13(2,3)12(20)23-10-7-5-9(6-8-10)11(19)18-24(21,22)14(15,16)17;/h7-13H2,1-6H3;5-8H,4H2,1-3H3,(H,18,19);/q;;+1/p-1. The van der Waals surface area contributed by atoms with Gasteiger partial charge in [-0.25, -0.2) is 8.42 Å². The maximum atomic E-state index is 12.2. The van der Waals surface area contributed by atoms with Gasteiger partial charge >= 0.3 is 77.6 Å². The summed E-state index contributed by atoms with van der Waals surface area (Å²) in [6.07, 6.45) is 1.98. The fourth-order valence-electron chi connectivity index (χ4n) is 3.06. The first-order chi connectivity index (χ1) is 20.7. The van der Waals surface area contributed by atoms with Gasteiger partial charge in [-0.15, -0.1) is 0 Å². The van der Waals surface area contributed by atoms with Gasteiger partial charge in [0.05, 0.1) is 23.3 Å². The van der Waals surface area contributed by atoms with Crippen LogP contribution < -0.4 is 56.1 Å². The predicted octanol–water partition coefficient (Wildman–Crippen LogP) is 3.80. The molecule has 1 rings (SSSR count). The van der Waals surface area contributed by atoms with Crippen LogP contribution in [-0.2, 0) is 37.6 Å². The Morgan fingerprint density at radius 2 is 1.22 bits per heavy atom. The summed E-state index contributed by atoms with van der Waals surface area (Å²) < 4.78 is 88.0. The molecule has 0 heterocycles. The van der Waals surface area contributed by atoms with Crippen molar-refractivity contribution in [1.82, 2.24) is 0 Å². The fraction of sp³-hybridized carbons (Fsp3) is 0.690. The minimum absolute atomic E-state index is 0. The average molecular weight is 726 g/mol. The molecule has 0 saturated carbocycles. The van der Waals surface area contributed by atoms with E-state index >= 15 is 0 Å². The summed E-state index contributed by atoms with van der Waals surface area (Å²) in [5.41, 5.74) is -7.19. The van der Waals surface area contributed by atoms with Gasteiger partial charge < -0.3 is 32.3 Å². The Bertz CT molecular complexity index is 1180. The molecule has 46 heavy (non-hydrogen) atoms. The molecule has 1 aromatic carbocycles. The molecule has 0 unspecified atom stereocenters. The molecule has 1 aromatic rings. The molecule has 0 radical (unpaired) electrons. The molecular formula is C29H47F3KNO10SSi. The van der Waals surface area contributed by atoms with Gasteiger partial charge in [0.1, 0.15) is 5.75 Å². The van der Waals surface area contributed by atoms with Crippen molar-refractivity contribution in [2.24, 2.45) is 10.8 Å². The summed E-state index contributed by atoms with van der Waals surface area (Å²) >= 11 is 0. The predicted molar refractivity (Wildman–Crippen MR) is 164 cm³/mol. The molecular weight excluding hydrogens is 679 g/mol. The van der Waals surface area contributed by atoms with Crippen molar-refractivity contribution in [2.75, 3.05) is 26.4 Å². The van der Waals surface area contributed by atoms with Crippen molar-refractivity contribution < 1.29 is 110 Å². The van der Waals surface area contributed by atoms with Crippen molar-refractivity contribution in [3.63, 3.8) is 0 Å². The number of hydrogen-bond donors (Lipinski definition) is 0. The molecule has 0 aromatic heterocycles. The number of nitrogens with zero attached hydrogens (tertiary/aromatic N) is 1. The number of benzene rings is 1. The van der Waals surface area contributed by atoms with Gasteiger partial charge in [-0.1, -0.05) is 13.8 Å². The number of esters is 2. The molecule has 0 N–H and O–H groups in total.